The molecule has 5 nitrogen and oxygen atoms in total. The molecule has 0 radical (unpaired) electrons. The molecule has 1 aromatic carbocycles. The molecule has 1 heterocycles. The van der Waals surface area contributed by atoms with Crippen molar-refractivity contribution in [3.05, 3.63) is 35.4 Å². The monoisotopic (exact) mass is 317 g/mol. The van der Waals surface area contributed by atoms with Crippen LogP contribution in [0.3, 0.4) is 0 Å². The summed E-state index contributed by atoms with van der Waals surface area (Å²) in [6.45, 7) is 2.62. The molecular weight excluding hydrogens is 290 g/mol. The van der Waals surface area contributed by atoms with Crippen molar-refractivity contribution in [1.82, 2.24) is 16.0 Å². The van der Waals surface area contributed by atoms with E-state index in [0.717, 1.165) is 24.1 Å². The summed E-state index contributed by atoms with van der Waals surface area (Å²) in [6, 6.07) is 8.67. The van der Waals surface area contributed by atoms with Gasteiger partial charge in [-0.25, -0.2) is 0 Å². The maximum atomic E-state index is 12.2. The minimum Gasteiger partial charge on any atom is -0.380 e. The molecule has 0 aromatic heterocycles. The van der Waals surface area contributed by atoms with Crippen LogP contribution in [0.25, 0.3) is 0 Å². The summed E-state index contributed by atoms with van der Waals surface area (Å²) in [4.78, 5) is 12.2. The highest BCUT2D eigenvalue weighted by molar-refractivity contribution is 5.78. The van der Waals surface area contributed by atoms with E-state index in [9.17, 15) is 4.79 Å². The average Bonchev–Trinajstić information content (AvgIpc) is 3.12. The van der Waals surface area contributed by atoms with E-state index in [1.807, 2.05) is 18.2 Å². The highest BCUT2D eigenvalue weighted by Gasteiger charge is 2.45. The van der Waals surface area contributed by atoms with Crippen molar-refractivity contribution >= 4 is 5.91 Å². The molecule has 2 aliphatic rings. The van der Waals surface area contributed by atoms with Gasteiger partial charge < -0.3 is 20.7 Å². The smallest absolute Gasteiger partial charge is 0.234 e. The molecule has 1 amide bonds. The Morgan fingerprint density at radius 3 is 3.13 bits per heavy atom. The average molecular weight is 317 g/mol. The molecule has 126 valence electrons. The van der Waals surface area contributed by atoms with Crippen LogP contribution >= 0.6 is 0 Å². The van der Waals surface area contributed by atoms with Gasteiger partial charge in [-0.3, -0.25) is 4.79 Å². The summed E-state index contributed by atoms with van der Waals surface area (Å²) in [6.07, 6.45) is 4.78. The SMILES string of the molecule is COCc1cccc(CNC(=O)CNC23CCCC2NCC3)c1. The summed E-state index contributed by atoms with van der Waals surface area (Å²) in [5.41, 5.74) is 2.38. The van der Waals surface area contributed by atoms with Crippen LogP contribution in [-0.2, 0) is 22.7 Å². The van der Waals surface area contributed by atoms with Gasteiger partial charge in [-0.05, 0) is 43.4 Å². The molecule has 0 spiro atoms. The third kappa shape index (κ3) is 3.91. The first-order valence-corrected chi connectivity index (χ1v) is 8.54. The zero-order valence-corrected chi connectivity index (χ0v) is 13.9. The Morgan fingerprint density at radius 1 is 1.39 bits per heavy atom. The summed E-state index contributed by atoms with van der Waals surface area (Å²) in [7, 11) is 1.69. The minimum atomic E-state index is 0.0640. The van der Waals surface area contributed by atoms with Crippen LogP contribution in [0.15, 0.2) is 24.3 Å². The van der Waals surface area contributed by atoms with Crippen LogP contribution in [0, 0.1) is 0 Å². The van der Waals surface area contributed by atoms with Gasteiger partial charge >= 0.3 is 0 Å². The van der Waals surface area contributed by atoms with E-state index < -0.39 is 0 Å². The van der Waals surface area contributed by atoms with E-state index in [0.29, 0.717) is 25.7 Å². The molecule has 1 aliphatic carbocycles. The molecule has 1 aromatic rings. The summed E-state index contributed by atoms with van der Waals surface area (Å²) >= 11 is 0. The van der Waals surface area contributed by atoms with Gasteiger partial charge in [0.25, 0.3) is 0 Å². The summed E-state index contributed by atoms with van der Waals surface area (Å²) < 4.78 is 5.14. The van der Waals surface area contributed by atoms with Crippen molar-refractivity contribution in [1.29, 1.82) is 0 Å². The lowest BCUT2D eigenvalue weighted by atomic mass is 9.93. The number of hydrogen-bond acceptors (Lipinski definition) is 4. The number of nitrogens with one attached hydrogen (secondary N) is 3. The minimum absolute atomic E-state index is 0.0640. The Kier molecular flexibility index (Phi) is 5.30. The third-order valence-corrected chi connectivity index (χ3v) is 5.14. The number of amides is 1. The first-order valence-electron chi connectivity index (χ1n) is 8.54. The largest absolute Gasteiger partial charge is 0.380 e. The maximum Gasteiger partial charge on any atom is 0.234 e. The normalized spacial score (nSPS) is 26.2. The third-order valence-electron chi connectivity index (χ3n) is 5.14. The van der Waals surface area contributed by atoms with Gasteiger partial charge in [0.15, 0.2) is 0 Å². The van der Waals surface area contributed by atoms with E-state index in [-0.39, 0.29) is 11.4 Å². The van der Waals surface area contributed by atoms with Crippen LogP contribution in [0.5, 0.6) is 0 Å². The number of carbonyl (C=O) groups is 1. The zero-order valence-electron chi connectivity index (χ0n) is 13.9. The van der Waals surface area contributed by atoms with Crippen LogP contribution in [0.4, 0.5) is 0 Å². The van der Waals surface area contributed by atoms with Crippen molar-refractivity contribution in [2.75, 3.05) is 20.2 Å². The predicted molar refractivity (Wildman–Crippen MR) is 90.0 cm³/mol. The number of benzene rings is 1. The summed E-state index contributed by atoms with van der Waals surface area (Å²) in [5.74, 6) is 0.0640. The van der Waals surface area contributed by atoms with E-state index >= 15 is 0 Å². The topological polar surface area (TPSA) is 62.4 Å². The maximum absolute atomic E-state index is 12.2. The van der Waals surface area contributed by atoms with Crippen molar-refractivity contribution in [3.63, 3.8) is 0 Å². The van der Waals surface area contributed by atoms with E-state index in [1.165, 1.54) is 19.3 Å². The fraction of sp³-hybridized carbons (Fsp3) is 0.611. The molecule has 1 saturated carbocycles. The molecule has 2 atom stereocenters. The number of hydrogen-bond donors (Lipinski definition) is 3. The molecule has 3 N–H and O–H groups in total. The Morgan fingerprint density at radius 2 is 2.26 bits per heavy atom. The number of rotatable bonds is 7. The lowest BCUT2D eigenvalue weighted by Gasteiger charge is -2.30. The fourth-order valence-corrected chi connectivity index (χ4v) is 3.95. The molecule has 5 heteroatoms. The Bertz CT molecular complexity index is 537. The highest BCUT2D eigenvalue weighted by Crippen LogP contribution is 2.36. The fourth-order valence-electron chi connectivity index (χ4n) is 3.95. The van der Waals surface area contributed by atoms with Gasteiger partial charge in [-0.15, -0.1) is 0 Å². The second-order valence-corrected chi connectivity index (χ2v) is 6.69. The number of carbonyl (C=O) groups excluding carboxylic acids is 1. The predicted octanol–water partition coefficient (Wildman–Crippen LogP) is 1.32. The van der Waals surface area contributed by atoms with Crippen molar-refractivity contribution < 1.29 is 9.53 Å². The summed E-state index contributed by atoms with van der Waals surface area (Å²) in [5, 5.41) is 10.1. The molecule has 1 aliphatic heterocycles. The van der Waals surface area contributed by atoms with Gasteiger partial charge in [0, 0.05) is 25.2 Å². The Hall–Kier alpha value is -1.43. The lowest BCUT2D eigenvalue weighted by molar-refractivity contribution is -0.120. The van der Waals surface area contributed by atoms with Gasteiger partial charge in [0.05, 0.1) is 13.2 Å². The number of fused-ring (bicyclic) bond motifs is 1. The van der Waals surface area contributed by atoms with Crippen LogP contribution < -0.4 is 16.0 Å². The van der Waals surface area contributed by atoms with Crippen LogP contribution in [-0.4, -0.2) is 37.7 Å². The van der Waals surface area contributed by atoms with Gasteiger partial charge in [0.1, 0.15) is 0 Å². The quantitative estimate of drug-likeness (QED) is 0.710. The molecule has 23 heavy (non-hydrogen) atoms. The van der Waals surface area contributed by atoms with E-state index in [2.05, 4.69) is 22.0 Å². The highest BCUT2D eigenvalue weighted by atomic mass is 16.5. The molecule has 2 fully saturated rings. The van der Waals surface area contributed by atoms with Gasteiger partial charge in [-0.1, -0.05) is 24.3 Å². The first-order chi connectivity index (χ1) is 11.2. The lowest BCUT2D eigenvalue weighted by Crippen LogP contribution is -2.53. The molecule has 3 rings (SSSR count). The number of methoxy groups -OCH3 is 1. The molecular formula is C18H27N3O2. The molecule has 1 saturated heterocycles. The Labute approximate surface area is 138 Å². The molecule has 2 unspecified atom stereocenters. The van der Waals surface area contributed by atoms with Crippen LogP contribution in [0.2, 0.25) is 0 Å². The van der Waals surface area contributed by atoms with E-state index in [1.54, 1.807) is 7.11 Å². The molecule has 0 bridgehead atoms. The van der Waals surface area contributed by atoms with Gasteiger partial charge in [-0.2, -0.15) is 0 Å². The Balaban J connectivity index is 1.45. The van der Waals surface area contributed by atoms with E-state index in [4.69, 9.17) is 4.74 Å². The standard InChI is InChI=1S/C18H27N3O2/c1-23-13-15-5-2-4-14(10-15)11-20-17(22)12-21-18-7-3-6-16(18)19-9-8-18/h2,4-5,10,16,19,21H,3,6-9,11-13H2,1H3,(H,20,22). The van der Waals surface area contributed by atoms with Crippen LogP contribution in [0.1, 0.15) is 36.8 Å². The van der Waals surface area contributed by atoms with Crippen molar-refractivity contribution in [3.8, 4) is 0 Å². The zero-order chi connectivity index (χ0) is 16.1. The number of ether oxygens (including phenoxy) is 1. The second kappa shape index (κ2) is 7.43. The second-order valence-electron chi connectivity index (χ2n) is 6.69. The first kappa shape index (κ1) is 16.4. The van der Waals surface area contributed by atoms with Crippen molar-refractivity contribution in [2.24, 2.45) is 0 Å². The van der Waals surface area contributed by atoms with Crippen molar-refractivity contribution in [2.45, 2.75) is 50.4 Å². The van der Waals surface area contributed by atoms with Gasteiger partial charge in [0.2, 0.25) is 5.91 Å².